The van der Waals surface area contributed by atoms with Gasteiger partial charge in [-0.3, -0.25) is 9.69 Å². The summed E-state index contributed by atoms with van der Waals surface area (Å²) >= 11 is 22.4. The van der Waals surface area contributed by atoms with Crippen molar-refractivity contribution in [1.82, 2.24) is 0 Å². The Balaban J connectivity index is 1.49. The fraction of sp³-hybridized carbons (Fsp3) is 0.0833. The van der Waals surface area contributed by atoms with Gasteiger partial charge in [0.15, 0.2) is 4.32 Å². The van der Waals surface area contributed by atoms with Crippen LogP contribution in [0.15, 0.2) is 70.0 Å². The van der Waals surface area contributed by atoms with E-state index in [1.807, 2.05) is 42.5 Å². The van der Waals surface area contributed by atoms with Gasteiger partial charge in [0.2, 0.25) is 0 Å². The van der Waals surface area contributed by atoms with Crippen LogP contribution < -0.4 is 14.4 Å². The number of nitrogens with zero attached hydrogens (tertiary/aromatic N) is 1. The van der Waals surface area contributed by atoms with Gasteiger partial charge < -0.3 is 9.47 Å². The first-order valence-electron chi connectivity index (χ1n) is 9.64. The van der Waals surface area contributed by atoms with E-state index in [-0.39, 0.29) is 5.91 Å². The highest BCUT2D eigenvalue weighted by atomic mass is 79.9. The predicted molar refractivity (Wildman–Crippen MR) is 144 cm³/mol. The molecular formula is C24H16BrCl2NO3S2. The number of halogens is 3. The minimum Gasteiger partial charge on any atom is -0.497 e. The maximum Gasteiger partial charge on any atom is 0.270 e. The van der Waals surface area contributed by atoms with Crippen LogP contribution in [0.4, 0.5) is 5.69 Å². The van der Waals surface area contributed by atoms with Gasteiger partial charge in [-0.2, -0.15) is 0 Å². The lowest BCUT2D eigenvalue weighted by Crippen LogP contribution is -2.27. The number of thiocarbonyl (C=S) groups is 1. The molecule has 1 aliphatic heterocycles. The largest absolute Gasteiger partial charge is 0.497 e. The van der Waals surface area contributed by atoms with Gasteiger partial charge in [-0.15, -0.1) is 0 Å². The molecule has 1 fully saturated rings. The van der Waals surface area contributed by atoms with Gasteiger partial charge in [0.25, 0.3) is 5.91 Å². The van der Waals surface area contributed by atoms with Crippen LogP contribution in [0, 0.1) is 0 Å². The second-order valence-electron chi connectivity index (χ2n) is 6.93. The molecule has 3 aromatic rings. The number of ether oxygens (including phenoxy) is 2. The van der Waals surface area contributed by atoms with E-state index in [9.17, 15) is 4.79 Å². The molecule has 168 valence electrons. The van der Waals surface area contributed by atoms with E-state index >= 15 is 0 Å². The SMILES string of the molecule is COc1ccc(N2C(=O)/C(=C/c3ccc(OCc4ccc(Cl)cc4Cl)c(Br)c3)SC2=S)cc1. The van der Waals surface area contributed by atoms with Crippen molar-refractivity contribution < 1.29 is 14.3 Å². The van der Waals surface area contributed by atoms with Gasteiger partial charge in [-0.05, 0) is 76.1 Å². The van der Waals surface area contributed by atoms with Crippen molar-refractivity contribution >= 4 is 85.1 Å². The molecule has 1 heterocycles. The number of carbonyl (C=O) groups is 1. The first-order chi connectivity index (χ1) is 15.9. The molecule has 33 heavy (non-hydrogen) atoms. The summed E-state index contributed by atoms with van der Waals surface area (Å²) in [4.78, 5) is 15.1. The van der Waals surface area contributed by atoms with Crippen LogP contribution in [-0.4, -0.2) is 17.3 Å². The van der Waals surface area contributed by atoms with E-state index < -0.39 is 0 Å². The molecule has 0 aliphatic carbocycles. The van der Waals surface area contributed by atoms with Gasteiger partial charge in [0.05, 0.1) is 22.2 Å². The predicted octanol–water partition coefficient (Wildman–Crippen LogP) is 7.75. The molecular weight excluding hydrogens is 565 g/mol. The molecule has 1 saturated heterocycles. The average molecular weight is 581 g/mol. The Morgan fingerprint density at radius 2 is 1.85 bits per heavy atom. The topological polar surface area (TPSA) is 38.8 Å². The molecule has 0 N–H and O–H groups in total. The van der Waals surface area contributed by atoms with E-state index in [0.717, 1.165) is 15.6 Å². The van der Waals surface area contributed by atoms with Gasteiger partial charge in [-0.25, -0.2) is 0 Å². The highest BCUT2D eigenvalue weighted by molar-refractivity contribution is 9.10. The molecule has 9 heteroatoms. The Kier molecular flexibility index (Phi) is 7.66. The molecule has 1 amide bonds. The number of methoxy groups -OCH3 is 1. The van der Waals surface area contributed by atoms with E-state index in [0.29, 0.717) is 43.1 Å². The molecule has 4 rings (SSSR count). The minimum absolute atomic E-state index is 0.163. The first-order valence-corrected chi connectivity index (χ1v) is 12.4. The summed E-state index contributed by atoms with van der Waals surface area (Å²) in [5, 5.41) is 1.13. The second-order valence-corrected chi connectivity index (χ2v) is 10.3. The second kappa shape index (κ2) is 10.5. The monoisotopic (exact) mass is 579 g/mol. The zero-order valence-electron chi connectivity index (χ0n) is 17.2. The van der Waals surface area contributed by atoms with Crippen LogP contribution in [0.2, 0.25) is 10.0 Å². The van der Waals surface area contributed by atoms with E-state index in [4.69, 9.17) is 44.9 Å². The number of benzene rings is 3. The van der Waals surface area contributed by atoms with Gasteiger partial charge >= 0.3 is 0 Å². The third-order valence-corrected chi connectivity index (χ3v) is 7.29. The van der Waals surface area contributed by atoms with Crippen molar-refractivity contribution in [1.29, 1.82) is 0 Å². The first kappa shape index (κ1) is 24.1. The highest BCUT2D eigenvalue weighted by Crippen LogP contribution is 2.37. The summed E-state index contributed by atoms with van der Waals surface area (Å²) < 4.78 is 12.3. The Bertz CT molecular complexity index is 1270. The molecule has 0 aromatic heterocycles. The van der Waals surface area contributed by atoms with Crippen molar-refractivity contribution in [3.8, 4) is 11.5 Å². The van der Waals surface area contributed by atoms with Crippen LogP contribution in [-0.2, 0) is 11.4 Å². The number of hydrogen-bond donors (Lipinski definition) is 0. The fourth-order valence-corrected chi connectivity index (χ4v) is 5.36. The minimum atomic E-state index is -0.163. The van der Waals surface area contributed by atoms with Gasteiger partial charge in [-0.1, -0.05) is 59.3 Å². The summed E-state index contributed by atoms with van der Waals surface area (Å²) in [5.74, 6) is 1.21. The third kappa shape index (κ3) is 5.55. The maximum atomic E-state index is 13.0. The Labute approximate surface area is 219 Å². The third-order valence-electron chi connectivity index (χ3n) is 4.78. The standard InChI is InChI=1S/C24H16BrCl2NO3S2/c1-30-18-7-5-17(6-8-18)28-23(29)22(33-24(28)32)11-14-2-9-21(19(25)10-14)31-13-15-3-4-16(26)12-20(15)27/h2-12H,13H2,1H3/b22-11-. The smallest absolute Gasteiger partial charge is 0.270 e. The maximum absolute atomic E-state index is 13.0. The van der Waals surface area contributed by atoms with E-state index in [2.05, 4.69) is 15.9 Å². The molecule has 4 nitrogen and oxygen atoms in total. The summed E-state index contributed by atoms with van der Waals surface area (Å²) in [6, 6.07) is 18.1. The number of carbonyl (C=O) groups excluding carboxylic acids is 1. The van der Waals surface area contributed by atoms with Crippen molar-refractivity contribution in [3.05, 3.63) is 91.2 Å². The Hall–Kier alpha value is -2.03. The van der Waals surface area contributed by atoms with Crippen molar-refractivity contribution in [2.45, 2.75) is 6.61 Å². The molecule has 0 spiro atoms. The lowest BCUT2D eigenvalue weighted by Gasteiger charge is -2.14. The molecule has 0 atom stereocenters. The van der Waals surface area contributed by atoms with Gasteiger partial charge in [0.1, 0.15) is 18.1 Å². The Morgan fingerprint density at radius 1 is 1.09 bits per heavy atom. The molecule has 0 saturated carbocycles. The molecule has 0 radical (unpaired) electrons. The summed E-state index contributed by atoms with van der Waals surface area (Å²) in [5.41, 5.74) is 2.38. The van der Waals surface area contributed by atoms with Crippen LogP contribution in [0.5, 0.6) is 11.5 Å². The summed E-state index contributed by atoms with van der Waals surface area (Å²) in [6.07, 6.45) is 1.81. The summed E-state index contributed by atoms with van der Waals surface area (Å²) in [6.45, 7) is 0.300. The Morgan fingerprint density at radius 3 is 2.52 bits per heavy atom. The number of thioether (sulfide) groups is 1. The molecule has 0 unspecified atom stereocenters. The average Bonchev–Trinajstić information content (AvgIpc) is 3.07. The van der Waals surface area contributed by atoms with Gasteiger partial charge in [0, 0.05) is 15.6 Å². The van der Waals surface area contributed by atoms with E-state index in [1.54, 1.807) is 31.4 Å². The van der Waals surface area contributed by atoms with Crippen LogP contribution >= 0.6 is 63.1 Å². The quantitative estimate of drug-likeness (QED) is 0.220. The van der Waals surface area contributed by atoms with Crippen LogP contribution in [0.25, 0.3) is 6.08 Å². The number of hydrogen-bond acceptors (Lipinski definition) is 5. The summed E-state index contributed by atoms with van der Waals surface area (Å²) in [7, 11) is 1.60. The lowest BCUT2D eigenvalue weighted by molar-refractivity contribution is -0.113. The molecule has 1 aliphatic rings. The molecule has 0 bridgehead atoms. The van der Waals surface area contributed by atoms with E-state index in [1.165, 1.54) is 16.7 Å². The lowest BCUT2D eigenvalue weighted by atomic mass is 10.2. The molecule has 3 aromatic carbocycles. The number of amides is 1. The normalized spacial score (nSPS) is 14.8. The highest BCUT2D eigenvalue weighted by Gasteiger charge is 2.33. The van der Waals surface area contributed by atoms with Crippen molar-refractivity contribution in [3.63, 3.8) is 0 Å². The van der Waals surface area contributed by atoms with Crippen LogP contribution in [0.3, 0.4) is 0 Å². The number of anilines is 1. The zero-order valence-corrected chi connectivity index (χ0v) is 21.9. The van der Waals surface area contributed by atoms with Crippen molar-refractivity contribution in [2.24, 2.45) is 0 Å². The zero-order chi connectivity index (χ0) is 23.5. The fourth-order valence-electron chi connectivity index (χ4n) is 3.09. The van der Waals surface area contributed by atoms with Crippen LogP contribution in [0.1, 0.15) is 11.1 Å². The van der Waals surface area contributed by atoms with Crippen molar-refractivity contribution in [2.75, 3.05) is 12.0 Å². The number of rotatable bonds is 6.